The summed E-state index contributed by atoms with van der Waals surface area (Å²) in [7, 11) is 4.76. The molecule has 0 aliphatic heterocycles. The van der Waals surface area contributed by atoms with Gasteiger partial charge in [-0.05, 0) is 6.07 Å². The van der Waals surface area contributed by atoms with Crippen molar-refractivity contribution in [3.63, 3.8) is 0 Å². The summed E-state index contributed by atoms with van der Waals surface area (Å²) in [6.07, 6.45) is 0. The molecule has 0 radical (unpaired) electrons. The third kappa shape index (κ3) is 4.31. The van der Waals surface area contributed by atoms with Crippen LogP contribution in [0, 0.1) is 0 Å². The van der Waals surface area contributed by atoms with Gasteiger partial charge in [-0.25, -0.2) is 0 Å². The lowest BCUT2D eigenvalue weighted by Crippen LogP contribution is -2.30. The first kappa shape index (κ1) is 16.1. The predicted octanol–water partition coefficient (Wildman–Crippen LogP) is 0.938. The van der Waals surface area contributed by atoms with E-state index in [2.05, 4.69) is 10.6 Å². The largest absolute Gasteiger partial charge is 0.493 e. The standard InChI is InChI=1S/C14H22N2O4/c1-10(17)16-8-7-15-9-11-5-6-12(18-2)14(20-4)13(11)19-3/h5-6,15H,7-9H2,1-4H3,(H,16,17). The highest BCUT2D eigenvalue weighted by molar-refractivity contribution is 5.72. The first-order chi connectivity index (χ1) is 9.63. The molecule has 0 fully saturated rings. The van der Waals surface area contributed by atoms with E-state index in [-0.39, 0.29) is 5.91 Å². The summed E-state index contributed by atoms with van der Waals surface area (Å²) in [5.41, 5.74) is 0.966. The Balaban J connectivity index is 2.67. The molecule has 0 unspecified atom stereocenters. The number of hydrogen-bond acceptors (Lipinski definition) is 5. The Labute approximate surface area is 119 Å². The van der Waals surface area contributed by atoms with Crippen LogP contribution in [0.25, 0.3) is 0 Å². The van der Waals surface area contributed by atoms with Crippen LogP contribution in [0.4, 0.5) is 0 Å². The molecule has 112 valence electrons. The molecule has 0 spiro atoms. The molecule has 1 amide bonds. The average Bonchev–Trinajstić information content (AvgIpc) is 2.45. The van der Waals surface area contributed by atoms with Crippen molar-refractivity contribution in [2.24, 2.45) is 0 Å². The van der Waals surface area contributed by atoms with Crippen LogP contribution >= 0.6 is 0 Å². The van der Waals surface area contributed by atoms with Crippen LogP contribution < -0.4 is 24.8 Å². The molecule has 0 bridgehead atoms. The Morgan fingerprint density at radius 1 is 1.05 bits per heavy atom. The molecule has 2 N–H and O–H groups in total. The van der Waals surface area contributed by atoms with E-state index in [0.29, 0.717) is 36.9 Å². The van der Waals surface area contributed by atoms with E-state index >= 15 is 0 Å². The monoisotopic (exact) mass is 282 g/mol. The molecule has 1 aromatic carbocycles. The highest BCUT2D eigenvalue weighted by atomic mass is 16.5. The SMILES string of the molecule is COc1ccc(CNCCNC(C)=O)c(OC)c1OC. The number of hydrogen-bond donors (Lipinski definition) is 2. The molecule has 0 aromatic heterocycles. The minimum absolute atomic E-state index is 0.0319. The molecule has 1 aromatic rings. The van der Waals surface area contributed by atoms with Crippen LogP contribution in [0.3, 0.4) is 0 Å². The van der Waals surface area contributed by atoms with E-state index < -0.39 is 0 Å². The number of amides is 1. The summed E-state index contributed by atoms with van der Waals surface area (Å²) in [6, 6.07) is 3.76. The van der Waals surface area contributed by atoms with Crippen molar-refractivity contribution in [1.29, 1.82) is 0 Å². The average molecular weight is 282 g/mol. The summed E-state index contributed by atoms with van der Waals surface area (Å²) < 4.78 is 15.9. The van der Waals surface area contributed by atoms with E-state index in [1.807, 2.05) is 12.1 Å². The summed E-state index contributed by atoms with van der Waals surface area (Å²) in [4.78, 5) is 10.7. The van der Waals surface area contributed by atoms with E-state index in [9.17, 15) is 4.79 Å². The van der Waals surface area contributed by atoms with Gasteiger partial charge >= 0.3 is 0 Å². The quantitative estimate of drug-likeness (QED) is 0.694. The van der Waals surface area contributed by atoms with Crippen LogP contribution in [0.5, 0.6) is 17.2 Å². The summed E-state index contributed by atoms with van der Waals surface area (Å²) in [5.74, 6) is 1.83. The zero-order valence-corrected chi connectivity index (χ0v) is 12.4. The number of nitrogens with one attached hydrogen (secondary N) is 2. The molecule has 6 heteroatoms. The van der Waals surface area contributed by atoms with Crippen molar-refractivity contribution < 1.29 is 19.0 Å². The second-order valence-electron chi connectivity index (χ2n) is 4.15. The minimum Gasteiger partial charge on any atom is -0.493 e. The van der Waals surface area contributed by atoms with Gasteiger partial charge in [0.1, 0.15) is 0 Å². The lowest BCUT2D eigenvalue weighted by molar-refractivity contribution is -0.118. The van der Waals surface area contributed by atoms with Gasteiger partial charge in [0.25, 0.3) is 0 Å². The molecule has 1 rings (SSSR count). The number of benzene rings is 1. The molecule has 0 aliphatic carbocycles. The Bertz CT molecular complexity index is 449. The molecular formula is C14H22N2O4. The maximum Gasteiger partial charge on any atom is 0.216 e. The van der Waals surface area contributed by atoms with Gasteiger partial charge in [-0.15, -0.1) is 0 Å². The summed E-state index contributed by atoms with van der Waals surface area (Å²) in [5, 5.41) is 5.95. The third-order valence-electron chi connectivity index (χ3n) is 2.78. The Hall–Kier alpha value is -1.95. The molecule has 0 heterocycles. The van der Waals surface area contributed by atoms with Crippen molar-refractivity contribution in [3.05, 3.63) is 17.7 Å². The van der Waals surface area contributed by atoms with Gasteiger partial charge in [-0.2, -0.15) is 0 Å². The lowest BCUT2D eigenvalue weighted by atomic mass is 10.1. The molecule has 0 saturated heterocycles. The minimum atomic E-state index is -0.0319. The lowest BCUT2D eigenvalue weighted by Gasteiger charge is -2.16. The van der Waals surface area contributed by atoms with E-state index in [1.54, 1.807) is 21.3 Å². The number of rotatable bonds is 8. The van der Waals surface area contributed by atoms with Gasteiger partial charge in [0, 0.05) is 32.1 Å². The van der Waals surface area contributed by atoms with Crippen molar-refractivity contribution >= 4 is 5.91 Å². The zero-order chi connectivity index (χ0) is 15.0. The van der Waals surface area contributed by atoms with E-state index in [4.69, 9.17) is 14.2 Å². The van der Waals surface area contributed by atoms with Crippen molar-refractivity contribution in [3.8, 4) is 17.2 Å². The molecule has 0 saturated carbocycles. The van der Waals surface area contributed by atoms with Gasteiger partial charge < -0.3 is 24.8 Å². The molecule has 0 aliphatic rings. The second-order valence-corrected chi connectivity index (χ2v) is 4.15. The highest BCUT2D eigenvalue weighted by Crippen LogP contribution is 2.39. The highest BCUT2D eigenvalue weighted by Gasteiger charge is 2.15. The number of methoxy groups -OCH3 is 3. The van der Waals surface area contributed by atoms with Crippen LogP contribution in [-0.4, -0.2) is 40.3 Å². The van der Waals surface area contributed by atoms with Gasteiger partial charge in [0.2, 0.25) is 11.7 Å². The topological polar surface area (TPSA) is 68.8 Å². The number of carbonyl (C=O) groups excluding carboxylic acids is 1. The van der Waals surface area contributed by atoms with E-state index in [1.165, 1.54) is 6.92 Å². The summed E-state index contributed by atoms with van der Waals surface area (Å²) in [6.45, 7) is 3.38. The fourth-order valence-electron chi connectivity index (χ4n) is 1.85. The Morgan fingerprint density at radius 3 is 2.30 bits per heavy atom. The maximum atomic E-state index is 10.7. The van der Waals surface area contributed by atoms with Gasteiger partial charge in [0.05, 0.1) is 21.3 Å². The van der Waals surface area contributed by atoms with Crippen LogP contribution in [0.2, 0.25) is 0 Å². The van der Waals surface area contributed by atoms with Crippen molar-refractivity contribution in [1.82, 2.24) is 10.6 Å². The fourth-order valence-corrected chi connectivity index (χ4v) is 1.85. The predicted molar refractivity (Wildman–Crippen MR) is 76.5 cm³/mol. The first-order valence-electron chi connectivity index (χ1n) is 6.37. The Kier molecular flexibility index (Phi) is 6.66. The van der Waals surface area contributed by atoms with Crippen LogP contribution in [0.15, 0.2) is 12.1 Å². The van der Waals surface area contributed by atoms with Gasteiger partial charge in [-0.1, -0.05) is 6.07 Å². The second kappa shape index (κ2) is 8.27. The third-order valence-corrected chi connectivity index (χ3v) is 2.78. The fraction of sp³-hybridized carbons (Fsp3) is 0.500. The molecule has 0 atom stereocenters. The van der Waals surface area contributed by atoms with Crippen molar-refractivity contribution in [2.45, 2.75) is 13.5 Å². The van der Waals surface area contributed by atoms with Crippen LogP contribution in [-0.2, 0) is 11.3 Å². The normalized spacial score (nSPS) is 10.0. The van der Waals surface area contributed by atoms with E-state index in [0.717, 1.165) is 5.56 Å². The number of carbonyl (C=O) groups is 1. The molecule has 6 nitrogen and oxygen atoms in total. The van der Waals surface area contributed by atoms with Crippen LogP contribution in [0.1, 0.15) is 12.5 Å². The summed E-state index contributed by atoms with van der Waals surface area (Å²) >= 11 is 0. The van der Waals surface area contributed by atoms with Gasteiger partial charge in [0.15, 0.2) is 11.5 Å². The molecule has 20 heavy (non-hydrogen) atoms. The smallest absolute Gasteiger partial charge is 0.216 e. The van der Waals surface area contributed by atoms with Gasteiger partial charge in [-0.3, -0.25) is 4.79 Å². The first-order valence-corrected chi connectivity index (χ1v) is 6.37. The van der Waals surface area contributed by atoms with Crippen molar-refractivity contribution in [2.75, 3.05) is 34.4 Å². The number of ether oxygens (including phenoxy) is 3. The zero-order valence-electron chi connectivity index (χ0n) is 12.4. The maximum absolute atomic E-state index is 10.7. The Morgan fingerprint density at radius 2 is 1.75 bits per heavy atom. The molecular weight excluding hydrogens is 260 g/mol.